The number of hydrogen-bond donors (Lipinski definition) is 1. The van der Waals surface area contributed by atoms with Gasteiger partial charge in [0.15, 0.2) is 6.61 Å². The monoisotopic (exact) mass is 474 g/mol. The molecule has 32 heavy (non-hydrogen) atoms. The fraction of sp³-hybridized carbons (Fsp3) is 0.174. The summed E-state index contributed by atoms with van der Waals surface area (Å²) in [5.41, 5.74) is 2.17. The van der Waals surface area contributed by atoms with Crippen LogP contribution in [0.15, 0.2) is 71.6 Å². The van der Waals surface area contributed by atoms with E-state index in [-0.39, 0.29) is 21.4 Å². The predicted molar refractivity (Wildman–Crippen MR) is 120 cm³/mol. The number of nitrogens with zero attached hydrogens (tertiary/aromatic N) is 1. The second-order valence-electron chi connectivity index (χ2n) is 7.27. The summed E-state index contributed by atoms with van der Waals surface area (Å²) in [5, 5.41) is 2.46. The maximum Gasteiger partial charge on any atom is 0.262 e. The van der Waals surface area contributed by atoms with Crippen LogP contribution in [0.2, 0.25) is 5.02 Å². The Bertz CT molecular complexity index is 1270. The molecular formula is C23H20ClFN2O4S. The van der Waals surface area contributed by atoms with E-state index in [2.05, 4.69) is 5.32 Å². The van der Waals surface area contributed by atoms with E-state index in [1.807, 2.05) is 24.3 Å². The first kappa shape index (κ1) is 22.3. The number of para-hydroxylation sites is 1. The molecule has 0 bridgehead atoms. The number of ether oxygens (including phenoxy) is 1. The Kier molecular flexibility index (Phi) is 6.45. The molecule has 9 heteroatoms. The van der Waals surface area contributed by atoms with Gasteiger partial charge in [-0.05, 0) is 47.9 Å². The first-order valence-corrected chi connectivity index (χ1v) is 11.7. The third kappa shape index (κ3) is 4.77. The Labute approximate surface area is 190 Å². The van der Waals surface area contributed by atoms with Crippen molar-refractivity contribution in [1.29, 1.82) is 0 Å². The smallest absolute Gasteiger partial charge is 0.262 e. The number of rotatable bonds is 6. The van der Waals surface area contributed by atoms with E-state index >= 15 is 0 Å². The lowest BCUT2D eigenvalue weighted by Crippen LogP contribution is -2.35. The van der Waals surface area contributed by atoms with Crippen molar-refractivity contribution in [2.24, 2.45) is 0 Å². The zero-order valence-electron chi connectivity index (χ0n) is 16.9. The summed E-state index contributed by atoms with van der Waals surface area (Å²) in [6.45, 7) is 0.263. The molecule has 0 unspecified atom stereocenters. The molecule has 0 spiro atoms. The van der Waals surface area contributed by atoms with E-state index in [0.717, 1.165) is 11.1 Å². The Morgan fingerprint density at radius 2 is 1.78 bits per heavy atom. The van der Waals surface area contributed by atoms with Crippen molar-refractivity contribution in [3.8, 4) is 5.75 Å². The minimum absolute atomic E-state index is 0.0387. The summed E-state index contributed by atoms with van der Waals surface area (Å²) in [5.74, 6) is -0.984. The van der Waals surface area contributed by atoms with Crippen molar-refractivity contribution in [2.75, 3.05) is 18.5 Å². The van der Waals surface area contributed by atoms with E-state index in [9.17, 15) is 17.6 Å². The van der Waals surface area contributed by atoms with Crippen LogP contribution in [0.4, 0.5) is 10.1 Å². The number of carbonyl (C=O) groups is 1. The van der Waals surface area contributed by atoms with Gasteiger partial charge in [0.25, 0.3) is 5.91 Å². The van der Waals surface area contributed by atoms with Crippen molar-refractivity contribution in [3.05, 3.63) is 88.7 Å². The molecule has 4 rings (SSSR count). The molecular weight excluding hydrogens is 455 g/mol. The number of nitrogens with one attached hydrogen (secondary N) is 1. The summed E-state index contributed by atoms with van der Waals surface area (Å²) in [6.07, 6.45) is 0.640. The molecule has 1 aliphatic rings. The summed E-state index contributed by atoms with van der Waals surface area (Å²) < 4.78 is 46.6. The lowest BCUT2D eigenvalue weighted by Gasteiger charge is -2.28. The van der Waals surface area contributed by atoms with Crippen molar-refractivity contribution >= 4 is 33.2 Å². The zero-order valence-corrected chi connectivity index (χ0v) is 18.5. The average Bonchev–Trinajstić information content (AvgIpc) is 2.79. The lowest BCUT2D eigenvalue weighted by molar-refractivity contribution is -0.118. The van der Waals surface area contributed by atoms with E-state index < -0.39 is 28.4 Å². The molecule has 3 aromatic rings. The summed E-state index contributed by atoms with van der Waals surface area (Å²) in [6, 6.07) is 17.6. The molecule has 1 heterocycles. The van der Waals surface area contributed by atoms with E-state index in [1.165, 1.54) is 40.7 Å². The van der Waals surface area contributed by atoms with Crippen molar-refractivity contribution in [2.45, 2.75) is 17.9 Å². The average molecular weight is 475 g/mol. The highest BCUT2D eigenvalue weighted by atomic mass is 35.5. The highest BCUT2D eigenvalue weighted by Crippen LogP contribution is 2.31. The zero-order chi connectivity index (χ0) is 22.7. The lowest BCUT2D eigenvalue weighted by atomic mass is 10.0. The molecule has 1 N–H and O–H groups in total. The van der Waals surface area contributed by atoms with Crippen LogP contribution < -0.4 is 10.1 Å². The largest absolute Gasteiger partial charge is 0.482 e. The van der Waals surface area contributed by atoms with Gasteiger partial charge in [-0.3, -0.25) is 4.79 Å². The molecule has 3 aromatic carbocycles. The quantitative estimate of drug-likeness (QED) is 0.579. The molecule has 0 saturated carbocycles. The summed E-state index contributed by atoms with van der Waals surface area (Å²) >= 11 is 6.22. The van der Waals surface area contributed by atoms with Gasteiger partial charge in [0.05, 0.1) is 15.6 Å². The number of benzene rings is 3. The third-order valence-corrected chi connectivity index (χ3v) is 7.28. The molecule has 0 radical (unpaired) electrons. The van der Waals surface area contributed by atoms with Crippen LogP contribution in [0.1, 0.15) is 11.1 Å². The van der Waals surface area contributed by atoms with Gasteiger partial charge < -0.3 is 10.1 Å². The van der Waals surface area contributed by atoms with E-state index in [0.29, 0.717) is 19.5 Å². The Morgan fingerprint density at radius 3 is 2.53 bits per heavy atom. The second-order valence-corrected chi connectivity index (χ2v) is 9.61. The molecule has 0 atom stereocenters. The first-order chi connectivity index (χ1) is 15.3. The van der Waals surface area contributed by atoms with Crippen LogP contribution in [-0.2, 0) is 27.8 Å². The Morgan fingerprint density at radius 1 is 1.06 bits per heavy atom. The highest BCUT2D eigenvalue weighted by Gasteiger charge is 2.28. The van der Waals surface area contributed by atoms with Crippen LogP contribution in [0, 0.1) is 5.82 Å². The molecule has 1 aliphatic heterocycles. The number of carbonyl (C=O) groups excluding carboxylic acids is 1. The predicted octanol–water partition coefficient (Wildman–Crippen LogP) is 4.24. The van der Waals surface area contributed by atoms with Gasteiger partial charge in [0.2, 0.25) is 10.0 Å². The Hall–Kier alpha value is -2.94. The van der Waals surface area contributed by atoms with Gasteiger partial charge in [-0.1, -0.05) is 48.0 Å². The Balaban J connectivity index is 1.43. The van der Waals surface area contributed by atoms with Gasteiger partial charge in [-0.15, -0.1) is 0 Å². The topological polar surface area (TPSA) is 75.7 Å². The minimum atomic E-state index is -3.75. The fourth-order valence-electron chi connectivity index (χ4n) is 3.48. The van der Waals surface area contributed by atoms with Crippen LogP contribution >= 0.6 is 11.6 Å². The van der Waals surface area contributed by atoms with Gasteiger partial charge in [0, 0.05) is 13.1 Å². The van der Waals surface area contributed by atoms with Crippen LogP contribution in [-0.4, -0.2) is 31.8 Å². The molecule has 1 amide bonds. The molecule has 0 saturated heterocycles. The number of halogens is 2. The molecule has 6 nitrogen and oxygen atoms in total. The van der Waals surface area contributed by atoms with Crippen LogP contribution in [0.25, 0.3) is 0 Å². The standard InChI is InChI=1S/C23H20ClFN2O4S/c24-19-13-18(32(29,30)27-12-11-16-5-1-2-6-17(16)14-27)9-10-22(19)31-15-23(28)26-21-8-4-3-7-20(21)25/h1-10,13H,11-12,14-15H2,(H,26,28). The van der Waals surface area contributed by atoms with Gasteiger partial charge in [0.1, 0.15) is 11.6 Å². The fourth-order valence-corrected chi connectivity index (χ4v) is 5.22. The van der Waals surface area contributed by atoms with Gasteiger partial charge in [-0.25, -0.2) is 12.8 Å². The van der Waals surface area contributed by atoms with Gasteiger partial charge >= 0.3 is 0 Å². The normalized spacial score (nSPS) is 13.9. The maximum absolute atomic E-state index is 13.6. The van der Waals surface area contributed by atoms with E-state index in [4.69, 9.17) is 16.3 Å². The third-order valence-electron chi connectivity index (χ3n) is 5.14. The number of amides is 1. The molecule has 0 aromatic heterocycles. The van der Waals surface area contributed by atoms with Crippen molar-refractivity contribution < 1.29 is 22.3 Å². The summed E-state index contributed by atoms with van der Waals surface area (Å²) in [4.78, 5) is 12.1. The first-order valence-electron chi connectivity index (χ1n) is 9.88. The molecule has 0 aliphatic carbocycles. The van der Waals surface area contributed by atoms with Crippen LogP contribution in [0.3, 0.4) is 0 Å². The second kappa shape index (κ2) is 9.28. The minimum Gasteiger partial charge on any atom is -0.482 e. The molecule has 0 fully saturated rings. The maximum atomic E-state index is 13.6. The summed E-state index contributed by atoms with van der Waals surface area (Å²) in [7, 11) is -3.75. The van der Waals surface area contributed by atoms with Crippen LogP contribution in [0.5, 0.6) is 5.75 Å². The highest BCUT2D eigenvalue weighted by molar-refractivity contribution is 7.89. The number of sulfonamides is 1. The number of anilines is 1. The molecule has 166 valence electrons. The van der Waals surface area contributed by atoms with E-state index in [1.54, 1.807) is 6.07 Å². The van der Waals surface area contributed by atoms with Gasteiger partial charge in [-0.2, -0.15) is 4.31 Å². The number of fused-ring (bicyclic) bond motifs is 1. The van der Waals surface area contributed by atoms with Crippen molar-refractivity contribution in [1.82, 2.24) is 4.31 Å². The number of hydrogen-bond acceptors (Lipinski definition) is 4. The SMILES string of the molecule is O=C(COc1ccc(S(=O)(=O)N2CCc3ccccc3C2)cc1Cl)Nc1ccccc1F. The van der Waals surface area contributed by atoms with Crippen molar-refractivity contribution in [3.63, 3.8) is 0 Å².